The summed E-state index contributed by atoms with van der Waals surface area (Å²) in [7, 11) is 0. The first-order valence-corrected chi connectivity index (χ1v) is 17.3. The van der Waals surface area contributed by atoms with Gasteiger partial charge in [-0.25, -0.2) is 19.2 Å². The first-order valence-electron chi connectivity index (χ1n) is 17.3. The molecule has 1 aliphatic carbocycles. The molecule has 9 N–H and O–H groups in total. The average molecular weight is 715 g/mol. The zero-order valence-corrected chi connectivity index (χ0v) is 28.9. The number of nitrogens with two attached hydrogens (primary N) is 2. The van der Waals surface area contributed by atoms with Gasteiger partial charge in [-0.15, -0.1) is 0 Å². The number of ketones is 1. The zero-order valence-electron chi connectivity index (χ0n) is 28.9. The van der Waals surface area contributed by atoms with Gasteiger partial charge >= 0.3 is 24.1 Å². The lowest BCUT2D eigenvalue weighted by Crippen LogP contribution is -2.45. The lowest BCUT2D eigenvalue weighted by Gasteiger charge is -2.23. The minimum atomic E-state index is -1.09. The van der Waals surface area contributed by atoms with E-state index in [1.807, 2.05) is 36.4 Å². The molecule has 3 aromatic carbocycles. The van der Waals surface area contributed by atoms with Gasteiger partial charge in [0.15, 0.2) is 5.78 Å². The first-order chi connectivity index (χ1) is 25.0. The summed E-state index contributed by atoms with van der Waals surface area (Å²) in [6.45, 7) is 0.871. The van der Waals surface area contributed by atoms with E-state index < -0.39 is 36.1 Å². The highest BCUT2D eigenvalue weighted by Gasteiger charge is 2.29. The molecule has 0 radical (unpaired) electrons. The zero-order chi connectivity index (χ0) is 37.5. The number of primary amides is 2. The summed E-state index contributed by atoms with van der Waals surface area (Å²) in [5.41, 5.74) is 15.5. The van der Waals surface area contributed by atoms with Gasteiger partial charge < -0.3 is 42.6 Å². The molecule has 0 saturated carbocycles. The third-order valence-electron chi connectivity index (χ3n) is 8.99. The highest BCUT2D eigenvalue weighted by atomic mass is 16.5. The minimum absolute atomic E-state index is 0.0502. The molecule has 0 fully saturated rings. The molecule has 0 unspecified atom stereocenters. The molecule has 0 aromatic heterocycles. The summed E-state index contributed by atoms with van der Waals surface area (Å²) in [5, 5.41) is 19.8. The number of carbonyl (C=O) groups is 6. The number of hydrogen-bond donors (Lipinski definition) is 7. The Morgan fingerprint density at radius 3 is 1.75 bits per heavy atom. The monoisotopic (exact) mass is 714 g/mol. The van der Waals surface area contributed by atoms with Gasteiger partial charge in [0.25, 0.3) is 0 Å². The second-order valence-electron chi connectivity index (χ2n) is 12.7. The third-order valence-corrected chi connectivity index (χ3v) is 8.99. The van der Waals surface area contributed by atoms with E-state index in [4.69, 9.17) is 16.2 Å². The van der Waals surface area contributed by atoms with E-state index in [0.29, 0.717) is 37.7 Å². The fraction of sp³-hybridized carbons (Fsp3) is 0.368. The van der Waals surface area contributed by atoms with Crippen LogP contribution in [0.4, 0.5) is 14.4 Å². The van der Waals surface area contributed by atoms with E-state index in [2.05, 4.69) is 33.4 Å². The van der Waals surface area contributed by atoms with Gasteiger partial charge in [0, 0.05) is 37.9 Å². The number of hydrogen-bond acceptors (Lipinski definition) is 7. The SMILES string of the molecule is NC(=O)NCCC[C@H](CCCNC(=O)OCC1c2ccccc2-c2ccccc21)C(=O)N[C@@H](CCCNC(N)=O)C(=O)Cc1ccc(C(=O)O)cc1. The van der Waals surface area contributed by atoms with E-state index in [1.54, 1.807) is 12.1 Å². The molecule has 14 nitrogen and oxygen atoms in total. The van der Waals surface area contributed by atoms with Crippen LogP contribution in [0.25, 0.3) is 11.1 Å². The second-order valence-corrected chi connectivity index (χ2v) is 12.7. The first kappa shape index (κ1) is 38.9. The molecule has 3 aromatic rings. The van der Waals surface area contributed by atoms with Crippen LogP contribution in [0.3, 0.4) is 0 Å². The van der Waals surface area contributed by atoms with Crippen LogP contribution in [0, 0.1) is 5.92 Å². The Hall–Kier alpha value is -5.92. The van der Waals surface area contributed by atoms with Crippen molar-refractivity contribution in [2.75, 3.05) is 26.2 Å². The number of carbonyl (C=O) groups excluding carboxylic acids is 5. The number of Topliss-reactive ketones (excluding diaryl/α,β-unsaturated/α-hetero) is 1. The fourth-order valence-electron chi connectivity index (χ4n) is 6.37. The molecule has 0 bridgehead atoms. The van der Waals surface area contributed by atoms with Crippen LogP contribution < -0.4 is 32.7 Å². The Labute approximate surface area is 302 Å². The molecule has 0 aliphatic heterocycles. The number of carboxylic acid groups (broad SMARTS) is 1. The summed E-state index contributed by atoms with van der Waals surface area (Å²) in [6, 6.07) is 19.7. The van der Waals surface area contributed by atoms with Crippen LogP contribution in [-0.2, 0) is 20.7 Å². The van der Waals surface area contributed by atoms with Gasteiger partial charge in [0.1, 0.15) is 6.61 Å². The van der Waals surface area contributed by atoms with E-state index in [-0.39, 0.29) is 62.3 Å². The number of urea groups is 2. The maximum absolute atomic E-state index is 13.6. The summed E-state index contributed by atoms with van der Waals surface area (Å²) >= 11 is 0. The number of amides is 6. The summed E-state index contributed by atoms with van der Waals surface area (Å²) in [5.74, 6) is -2.39. The number of rotatable bonds is 20. The molecule has 14 heteroatoms. The van der Waals surface area contributed by atoms with Crippen LogP contribution in [-0.4, -0.2) is 73.2 Å². The molecule has 276 valence electrons. The van der Waals surface area contributed by atoms with Gasteiger partial charge in [0.2, 0.25) is 5.91 Å². The Balaban J connectivity index is 1.33. The normalized spacial score (nSPS) is 12.8. The van der Waals surface area contributed by atoms with Gasteiger partial charge in [-0.2, -0.15) is 0 Å². The van der Waals surface area contributed by atoms with Crippen molar-refractivity contribution < 1.29 is 38.6 Å². The number of benzene rings is 3. The highest BCUT2D eigenvalue weighted by molar-refractivity contribution is 5.91. The van der Waals surface area contributed by atoms with Crippen molar-refractivity contribution in [3.8, 4) is 11.1 Å². The van der Waals surface area contributed by atoms with Crippen molar-refractivity contribution in [3.63, 3.8) is 0 Å². The van der Waals surface area contributed by atoms with E-state index in [1.165, 1.54) is 12.1 Å². The number of nitrogens with one attached hydrogen (secondary N) is 4. The largest absolute Gasteiger partial charge is 0.478 e. The van der Waals surface area contributed by atoms with Crippen molar-refractivity contribution >= 4 is 35.8 Å². The molecule has 2 atom stereocenters. The topological polar surface area (TPSA) is 232 Å². The summed E-state index contributed by atoms with van der Waals surface area (Å²) in [6.07, 6.45) is 1.57. The summed E-state index contributed by atoms with van der Waals surface area (Å²) in [4.78, 5) is 73.3. The van der Waals surface area contributed by atoms with E-state index in [9.17, 15) is 33.9 Å². The number of aromatic carboxylic acids is 1. The van der Waals surface area contributed by atoms with Crippen LogP contribution in [0.2, 0.25) is 0 Å². The predicted octanol–water partition coefficient (Wildman–Crippen LogP) is 3.81. The lowest BCUT2D eigenvalue weighted by atomic mass is 9.94. The van der Waals surface area contributed by atoms with E-state index >= 15 is 0 Å². The van der Waals surface area contributed by atoms with Gasteiger partial charge in [-0.3, -0.25) is 9.59 Å². The Bertz CT molecular complexity index is 1680. The second kappa shape index (κ2) is 19.5. The molecule has 4 rings (SSSR count). The van der Waals surface area contributed by atoms with Crippen molar-refractivity contribution in [2.45, 2.75) is 56.9 Å². The minimum Gasteiger partial charge on any atom is -0.478 e. The molecule has 6 amide bonds. The van der Waals surface area contributed by atoms with Crippen LogP contribution >= 0.6 is 0 Å². The molecule has 0 spiro atoms. The standard InChI is InChI=1S/C38H46N6O8/c39-36(49)41-19-5-8-25(9-6-21-43-38(51)52-23-31-29-12-3-1-10-27(29)28-11-2-4-13-30(28)31)34(46)44-32(14-7-20-42-37(40)50)33(45)22-24-15-17-26(18-16-24)35(47)48/h1-4,10-13,15-18,25,31-32H,5-9,14,19-23H2,(H,43,51)(H,44,46)(H,47,48)(H3,39,41,49)(H3,40,42,50)/t25-,32+/m1/s1. The lowest BCUT2D eigenvalue weighted by molar-refractivity contribution is -0.130. The van der Waals surface area contributed by atoms with E-state index in [0.717, 1.165) is 22.3 Å². The molecular weight excluding hydrogens is 668 g/mol. The molecule has 0 heterocycles. The number of carboxylic acids is 1. The molecule has 0 saturated heterocycles. The number of fused-ring (bicyclic) bond motifs is 3. The van der Waals surface area contributed by atoms with Gasteiger partial charge in [-0.1, -0.05) is 60.7 Å². The average Bonchev–Trinajstić information content (AvgIpc) is 3.44. The Kier molecular flexibility index (Phi) is 14.6. The van der Waals surface area contributed by atoms with Crippen molar-refractivity contribution in [2.24, 2.45) is 17.4 Å². The maximum atomic E-state index is 13.6. The summed E-state index contributed by atoms with van der Waals surface area (Å²) < 4.78 is 5.62. The van der Waals surface area contributed by atoms with Crippen LogP contribution in [0.1, 0.15) is 71.5 Å². The third kappa shape index (κ3) is 11.6. The maximum Gasteiger partial charge on any atom is 0.407 e. The predicted molar refractivity (Wildman–Crippen MR) is 193 cm³/mol. The molecule has 1 aliphatic rings. The van der Waals surface area contributed by atoms with Crippen molar-refractivity contribution in [1.29, 1.82) is 0 Å². The Morgan fingerprint density at radius 1 is 0.692 bits per heavy atom. The number of ether oxygens (including phenoxy) is 1. The van der Waals surface area contributed by atoms with Gasteiger partial charge in [-0.05, 0) is 78.5 Å². The van der Waals surface area contributed by atoms with Gasteiger partial charge in [0.05, 0.1) is 11.6 Å². The van der Waals surface area contributed by atoms with Crippen LogP contribution in [0.5, 0.6) is 0 Å². The Morgan fingerprint density at radius 2 is 1.21 bits per heavy atom. The highest BCUT2D eigenvalue weighted by Crippen LogP contribution is 2.44. The molecule has 52 heavy (non-hydrogen) atoms. The smallest absolute Gasteiger partial charge is 0.407 e. The van der Waals surface area contributed by atoms with Crippen molar-refractivity contribution in [3.05, 3.63) is 95.1 Å². The van der Waals surface area contributed by atoms with Crippen LogP contribution in [0.15, 0.2) is 72.8 Å². The van der Waals surface area contributed by atoms with Crippen molar-refractivity contribution in [1.82, 2.24) is 21.3 Å². The molecular formula is C38H46N6O8. The number of alkyl carbamates (subject to hydrolysis) is 1. The fourth-order valence-corrected chi connectivity index (χ4v) is 6.37. The quantitative estimate of drug-likeness (QED) is 0.0849.